The summed E-state index contributed by atoms with van der Waals surface area (Å²) in [5.41, 5.74) is 2.09. The molecule has 0 aliphatic rings. The molecule has 32 heavy (non-hydrogen) atoms. The zero-order valence-corrected chi connectivity index (χ0v) is 18.9. The average Bonchev–Trinajstić information content (AvgIpc) is 2.76. The number of rotatable bonds is 7. The van der Waals surface area contributed by atoms with Gasteiger partial charge < -0.3 is 10.6 Å². The van der Waals surface area contributed by atoms with E-state index < -0.39 is 16.1 Å². The number of thioether (sulfide) groups is 1. The van der Waals surface area contributed by atoms with E-state index in [-0.39, 0.29) is 17.2 Å². The van der Waals surface area contributed by atoms with E-state index >= 15 is 0 Å². The zero-order valence-electron chi connectivity index (χ0n) is 17.3. The molecule has 3 rings (SSSR count). The SMILES string of the molecule is Cc1ccc(NC(=O)C(C)Sc2cccc(NC(=O)c3cccc([N+](=O)[O-])c3)c2)cc1Cl. The number of anilines is 2. The minimum Gasteiger partial charge on any atom is -0.325 e. The topological polar surface area (TPSA) is 101 Å². The normalized spacial score (nSPS) is 11.5. The number of hydrogen-bond donors (Lipinski definition) is 2. The zero-order chi connectivity index (χ0) is 23.3. The van der Waals surface area contributed by atoms with Crippen molar-refractivity contribution in [1.82, 2.24) is 0 Å². The summed E-state index contributed by atoms with van der Waals surface area (Å²) in [5, 5.41) is 16.7. The van der Waals surface area contributed by atoms with Crippen LogP contribution in [-0.2, 0) is 4.79 Å². The minimum absolute atomic E-state index is 0.156. The Bertz CT molecular complexity index is 1190. The Kier molecular flexibility index (Phi) is 7.50. The van der Waals surface area contributed by atoms with Gasteiger partial charge in [0.1, 0.15) is 0 Å². The number of nitro groups is 1. The number of carbonyl (C=O) groups excluding carboxylic acids is 2. The van der Waals surface area contributed by atoms with Crippen molar-refractivity contribution in [3.05, 3.63) is 93.0 Å². The van der Waals surface area contributed by atoms with Crippen LogP contribution in [0.3, 0.4) is 0 Å². The summed E-state index contributed by atoms with van der Waals surface area (Å²) in [4.78, 5) is 36.2. The standard InChI is InChI=1S/C23H20ClN3O4S/c1-14-9-10-18(13-21(14)24)25-22(28)15(2)32-20-8-4-6-17(12-20)26-23(29)16-5-3-7-19(11-16)27(30)31/h3-13,15H,1-2H3,(H,25,28)(H,26,29). The molecule has 0 bridgehead atoms. The summed E-state index contributed by atoms with van der Waals surface area (Å²) in [5.74, 6) is -0.640. The Morgan fingerprint density at radius 3 is 2.44 bits per heavy atom. The van der Waals surface area contributed by atoms with Crippen LogP contribution in [0.4, 0.5) is 17.1 Å². The van der Waals surface area contributed by atoms with Crippen molar-refractivity contribution in [2.45, 2.75) is 24.0 Å². The summed E-state index contributed by atoms with van der Waals surface area (Å²) >= 11 is 7.45. The molecule has 0 fully saturated rings. The molecule has 3 aromatic rings. The van der Waals surface area contributed by atoms with Gasteiger partial charge in [-0.05, 0) is 55.8 Å². The van der Waals surface area contributed by atoms with Crippen molar-refractivity contribution in [3.8, 4) is 0 Å². The molecular weight excluding hydrogens is 450 g/mol. The summed E-state index contributed by atoms with van der Waals surface area (Å²) in [6, 6.07) is 17.9. The second-order valence-electron chi connectivity index (χ2n) is 7.00. The Morgan fingerprint density at radius 2 is 1.72 bits per heavy atom. The smallest absolute Gasteiger partial charge is 0.270 e. The first kappa shape index (κ1) is 23.3. The molecule has 7 nitrogen and oxygen atoms in total. The van der Waals surface area contributed by atoms with E-state index in [0.717, 1.165) is 10.5 Å². The van der Waals surface area contributed by atoms with Gasteiger partial charge in [0, 0.05) is 39.0 Å². The van der Waals surface area contributed by atoms with Gasteiger partial charge in [0.05, 0.1) is 10.2 Å². The van der Waals surface area contributed by atoms with Gasteiger partial charge >= 0.3 is 0 Å². The lowest BCUT2D eigenvalue weighted by molar-refractivity contribution is -0.384. The van der Waals surface area contributed by atoms with Crippen LogP contribution in [0, 0.1) is 17.0 Å². The van der Waals surface area contributed by atoms with E-state index in [2.05, 4.69) is 10.6 Å². The molecule has 0 spiro atoms. The maximum atomic E-state index is 12.5. The molecule has 0 saturated heterocycles. The number of benzene rings is 3. The first-order valence-corrected chi connectivity index (χ1v) is 10.9. The van der Waals surface area contributed by atoms with Gasteiger partial charge in [0.15, 0.2) is 0 Å². The lowest BCUT2D eigenvalue weighted by atomic mass is 10.2. The summed E-state index contributed by atoms with van der Waals surface area (Å²) < 4.78 is 0. The van der Waals surface area contributed by atoms with Crippen LogP contribution >= 0.6 is 23.4 Å². The molecule has 2 N–H and O–H groups in total. The highest BCUT2D eigenvalue weighted by molar-refractivity contribution is 8.00. The van der Waals surface area contributed by atoms with E-state index in [1.807, 2.05) is 19.1 Å². The Balaban J connectivity index is 1.64. The highest BCUT2D eigenvalue weighted by Crippen LogP contribution is 2.28. The Labute approximate surface area is 194 Å². The number of halogens is 1. The number of carbonyl (C=O) groups is 2. The summed E-state index contributed by atoms with van der Waals surface area (Å²) in [6.07, 6.45) is 0. The lowest BCUT2D eigenvalue weighted by Gasteiger charge is -2.13. The van der Waals surface area contributed by atoms with E-state index in [4.69, 9.17) is 11.6 Å². The van der Waals surface area contributed by atoms with Crippen LogP contribution in [0.2, 0.25) is 5.02 Å². The quantitative estimate of drug-likeness (QED) is 0.254. The number of hydrogen-bond acceptors (Lipinski definition) is 5. The van der Waals surface area contributed by atoms with Crippen molar-refractivity contribution >= 4 is 52.2 Å². The van der Waals surface area contributed by atoms with Crippen LogP contribution < -0.4 is 10.6 Å². The van der Waals surface area contributed by atoms with E-state index in [1.165, 1.54) is 36.0 Å². The molecule has 0 radical (unpaired) electrons. The molecular formula is C23H20ClN3O4S. The molecule has 164 valence electrons. The molecule has 0 aliphatic carbocycles. The minimum atomic E-state index is -0.551. The molecule has 2 amide bonds. The van der Waals surface area contributed by atoms with Gasteiger partial charge in [-0.25, -0.2) is 0 Å². The molecule has 0 aliphatic heterocycles. The first-order valence-electron chi connectivity index (χ1n) is 9.62. The Morgan fingerprint density at radius 1 is 1.00 bits per heavy atom. The van der Waals surface area contributed by atoms with E-state index in [9.17, 15) is 19.7 Å². The fourth-order valence-electron chi connectivity index (χ4n) is 2.78. The number of nitrogens with one attached hydrogen (secondary N) is 2. The molecule has 0 saturated carbocycles. The van der Waals surface area contributed by atoms with Crippen LogP contribution in [0.1, 0.15) is 22.8 Å². The van der Waals surface area contributed by atoms with E-state index in [1.54, 1.807) is 37.3 Å². The molecule has 9 heteroatoms. The number of non-ortho nitro benzene ring substituents is 1. The largest absolute Gasteiger partial charge is 0.325 e. The van der Waals surface area contributed by atoms with Crippen molar-refractivity contribution in [2.24, 2.45) is 0 Å². The third-order valence-electron chi connectivity index (χ3n) is 4.53. The predicted octanol–water partition coefficient (Wildman–Crippen LogP) is 5.93. The average molecular weight is 470 g/mol. The third-order valence-corrected chi connectivity index (χ3v) is 6.03. The van der Waals surface area contributed by atoms with Crippen LogP contribution in [-0.4, -0.2) is 22.0 Å². The van der Waals surface area contributed by atoms with E-state index in [0.29, 0.717) is 16.4 Å². The molecule has 1 atom stereocenters. The van der Waals surface area contributed by atoms with Crippen molar-refractivity contribution in [2.75, 3.05) is 10.6 Å². The summed E-state index contributed by atoms with van der Waals surface area (Å²) in [6.45, 7) is 3.67. The number of nitro benzene ring substituents is 1. The maximum Gasteiger partial charge on any atom is 0.270 e. The summed E-state index contributed by atoms with van der Waals surface area (Å²) in [7, 11) is 0. The second-order valence-corrected chi connectivity index (χ2v) is 8.82. The highest BCUT2D eigenvalue weighted by Gasteiger charge is 2.16. The fraction of sp³-hybridized carbons (Fsp3) is 0.130. The van der Waals surface area contributed by atoms with Crippen LogP contribution in [0.15, 0.2) is 71.6 Å². The van der Waals surface area contributed by atoms with Crippen molar-refractivity contribution < 1.29 is 14.5 Å². The number of nitrogens with zero attached hydrogens (tertiary/aromatic N) is 1. The third kappa shape index (κ3) is 6.09. The monoisotopic (exact) mass is 469 g/mol. The fourth-order valence-corrected chi connectivity index (χ4v) is 3.89. The van der Waals surface area contributed by atoms with Crippen LogP contribution in [0.25, 0.3) is 0 Å². The number of aryl methyl sites for hydroxylation is 1. The highest BCUT2D eigenvalue weighted by atomic mass is 35.5. The predicted molar refractivity (Wildman–Crippen MR) is 128 cm³/mol. The van der Waals surface area contributed by atoms with Gasteiger partial charge in [0.2, 0.25) is 5.91 Å². The second kappa shape index (κ2) is 10.3. The van der Waals surface area contributed by atoms with Gasteiger partial charge in [-0.15, -0.1) is 11.8 Å². The first-order chi connectivity index (χ1) is 15.2. The molecule has 0 heterocycles. The molecule has 1 unspecified atom stereocenters. The number of amides is 2. The van der Waals surface area contributed by atoms with Gasteiger partial charge in [-0.3, -0.25) is 19.7 Å². The lowest BCUT2D eigenvalue weighted by Crippen LogP contribution is -2.22. The Hall–Kier alpha value is -3.36. The molecule has 3 aromatic carbocycles. The van der Waals surface area contributed by atoms with Gasteiger partial charge in [0.25, 0.3) is 11.6 Å². The molecule has 0 aromatic heterocycles. The maximum absolute atomic E-state index is 12.5. The van der Waals surface area contributed by atoms with Crippen LogP contribution in [0.5, 0.6) is 0 Å². The van der Waals surface area contributed by atoms with Gasteiger partial charge in [-0.1, -0.05) is 29.8 Å². The van der Waals surface area contributed by atoms with Gasteiger partial charge in [-0.2, -0.15) is 0 Å². The van der Waals surface area contributed by atoms with Crippen molar-refractivity contribution in [1.29, 1.82) is 0 Å². The van der Waals surface area contributed by atoms with Crippen molar-refractivity contribution in [3.63, 3.8) is 0 Å².